The van der Waals surface area contributed by atoms with Gasteiger partial charge in [0.1, 0.15) is 0 Å². The summed E-state index contributed by atoms with van der Waals surface area (Å²) in [4.78, 5) is 6.32. The Morgan fingerprint density at radius 1 is 0.500 bits per heavy atom. The Morgan fingerprint density at radius 3 is 1.89 bits per heavy atom. The number of rotatable bonds is 7. The highest BCUT2D eigenvalue weighted by Crippen LogP contribution is 2.46. The van der Waals surface area contributed by atoms with Crippen molar-refractivity contribution in [2.75, 3.05) is 4.90 Å². The predicted molar refractivity (Wildman–Crippen MR) is 316 cm³/mol. The number of hydrogen-bond donors (Lipinski definition) is 1. The van der Waals surface area contributed by atoms with E-state index in [1.165, 1.54) is 83.0 Å². The fourth-order valence-electron chi connectivity index (χ4n) is 10.4. The van der Waals surface area contributed by atoms with Crippen LogP contribution in [-0.2, 0) is 6.42 Å². The third kappa shape index (κ3) is 9.39. The second kappa shape index (κ2) is 22.0. The van der Waals surface area contributed by atoms with Crippen LogP contribution in [0.4, 0.5) is 11.4 Å². The van der Waals surface area contributed by atoms with E-state index < -0.39 is 0 Å². The number of para-hydroxylation sites is 1. The van der Waals surface area contributed by atoms with Gasteiger partial charge >= 0.3 is 0 Å². The number of halogens is 1. The van der Waals surface area contributed by atoms with Crippen molar-refractivity contribution >= 4 is 82.3 Å². The molecule has 2 aliphatic rings. The van der Waals surface area contributed by atoms with Crippen LogP contribution < -0.4 is 4.90 Å². The first-order valence-electron chi connectivity index (χ1n) is 25.6. The quantitative estimate of drug-likeness (QED) is 0.169. The third-order valence-electron chi connectivity index (χ3n) is 13.7. The van der Waals surface area contributed by atoms with Crippen molar-refractivity contribution in [2.45, 2.75) is 53.4 Å². The average Bonchev–Trinajstić information content (AvgIpc) is 3.98. The van der Waals surface area contributed by atoms with E-state index in [0.29, 0.717) is 0 Å². The number of nitrogens with zero attached hydrogens (tertiary/aromatic N) is 2. The largest absolute Gasteiger partial charge is 0.354 e. The number of allylic oxidation sites excluding steroid dienone is 5. The summed E-state index contributed by atoms with van der Waals surface area (Å²) in [6, 6.07) is 76.4. The molecule has 354 valence electrons. The minimum absolute atomic E-state index is 0.934. The van der Waals surface area contributed by atoms with Crippen LogP contribution in [0.15, 0.2) is 241 Å². The monoisotopic (exact) mass is 997 g/mol. The first-order valence-corrected chi connectivity index (χ1v) is 26.4. The molecule has 11 aromatic rings. The summed E-state index contributed by atoms with van der Waals surface area (Å²) in [7, 11) is 0. The summed E-state index contributed by atoms with van der Waals surface area (Å²) in [5.74, 6) is 0. The highest BCUT2D eigenvalue weighted by Gasteiger charge is 2.24. The summed E-state index contributed by atoms with van der Waals surface area (Å²) in [5.41, 5.74) is 17.2. The van der Waals surface area contributed by atoms with Crippen LogP contribution in [0.5, 0.6) is 0 Å². The molecule has 2 aliphatic carbocycles. The van der Waals surface area contributed by atoms with Gasteiger partial charge in [-0.2, -0.15) is 0 Å². The normalized spacial score (nSPS) is 12.7. The van der Waals surface area contributed by atoms with E-state index >= 15 is 0 Å². The van der Waals surface area contributed by atoms with E-state index in [9.17, 15) is 0 Å². The van der Waals surface area contributed by atoms with Crippen LogP contribution in [0, 0.1) is 0 Å². The Bertz CT molecular complexity index is 3720. The lowest BCUT2D eigenvalue weighted by atomic mass is 9.94. The number of aromatic nitrogens is 2. The molecule has 0 bridgehead atoms. The number of nitrogens with one attached hydrogen (secondary N) is 1. The van der Waals surface area contributed by atoms with E-state index in [-0.39, 0.29) is 0 Å². The summed E-state index contributed by atoms with van der Waals surface area (Å²) < 4.78 is 3.51. The molecule has 0 saturated heterocycles. The smallest absolute Gasteiger partial charge is 0.0615 e. The maximum atomic E-state index is 4.13. The SMILES string of the molecule is Brc1c(-c2ccc(N(C3=CC=C(c4ccccc4)CC3)c3ccc4ccccc4c3)c3ccccc23)[nH]c2ccc(-c3ccc4c5c(n(-c6ccccc6)c4c3)C=CCC5)cc12.CC.CC.c1ccccc1. The molecule has 9 aromatic carbocycles. The van der Waals surface area contributed by atoms with Gasteiger partial charge < -0.3 is 14.5 Å². The summed E-state index contributed by atoms with van der Waals surface area (Å²) in [6.07, 6.45) is 13.3. The molecule has 0 amide bonds. The van der Waals surface area contributed by atoms with Crippen molar-refractivity contribution in [2.24, 2.45) is 0 Å². The molecular weight excluding hydrogens is 939 g/mol. The zero-order chi connectivity index (χ0) is 49.4. The molecule has 1 N–H and O–H groups in total. The topological polar surface area (TPSA) is 24.0 Å². The Hall–Kier alpha value is -7.92. The molecule has 0 aliphatic heterocycles. The number of anilines is 2. The zero-order valence-electron chi connectivity index (χ0n) is 41.6. The second-order valence-corrected chi connectivity index (χ2v) is 18.5. The van der Waals surface area contributed by atoms with Crippen molar-refractivity contribution in [3.8, 4) is 28.1 Å². The van der Waals surface area contributed by atoms with Gasteiger partial charge in [0, 0.05) is 50.0 Å². The van der Waals surface area contributed by atoms with Gasteiger partial charge in [-0.25, -0.2) is 0 Å². The van der Waals surface area contributed by atoms with Gasteiger partial charge in [0.15, 0.2) is 0 Å². The number of benzene rings is 9. The van der Waals surface area contributed by atoms with Crippen molar-refractivity contribution < 1.29 is 0 Å². The first-order chi connectivity index (χ1) is 35.7. The highest BCUT2D eigenvalue weighted by molar-refractivity contribution is 9.10. The summed E-state index contributed by atoms with van der Waals surface area (Å²) >= 11 is 4.13. The van der Waals surface area contributed by atoms with Gasteiger partial charge in [-0.3, -0.25) is 0 Å². The molecule has 2 aromatic heterocycles. The van der Waals surface area contributed by atoms with E-state index in [4.69, 9.17) is 0 Å². The van der Waals surface area contributed by atoms with E-state index in [0.717, 1.165) is 58.0 Å². The molecule has 0 saturated carbocycles. The maximum Gasteiger partial charge on any atom is 0.0615 e. The van der Waals surface area contributed by atoms with Gasteiger partial charge in [0.05, 0.1) is 21.4 Å². The Labute approximate surface area is 433 Å². The maximum absolute atomic E-state index is 4.13. The van der Waals surface area contributed by atoms with Crippen LogP contribution in [0.2, 0.25) is 0 Å². The van der Waals surface area contributed by atoms with Crippen LogP contribution in [0.25, 0.3) is 83.1 Å². The van der Waals surface area contributed by atoms with Gasteiger partial charge in [-0.1, -0.05) is 204 Å². The number of aryl methyl sites for hydroxylation is 1. The third-order valence-corrected chi connectivity index (χ3v) is 14.5. The fourth-order valence-corrected chi connectivity index (χ4v) is 11.0. The van der Waals surface area contributed by atoms with E-state index in [2.05, 4.69) is 231 Å². The average molecular weight is 999 g/mol. The summed E-state index contributed by atoms with van der Waals surface area (Å²) in [6.45, 7) is 8.00. The number of H-pyrrole nitrogens is 1. The van der Waals surface area contributed by atoms with Gasteiger partial charge in [0.25, 0.3) is 0 Å². The van der Waals surface area contributed by atoms with Crippen LogP contribution >= 0.6 is 15.9 Å². The summed E-state index contributed by atoms with van der Waals surface area (Å²) in [5, 5.41) is 7.38. The zero-order valence-corrected chi connectivity index (χ0v) is 43.2. The number of hydrogen-bond acceptors (Lipinski definition) is 1. The molecule has 0 spiro atoms. The lowest BCUT2D eigenvalue weighted by Crippen LogP contribution is -2.18. The van der Waals surface area contributed by atoms with E-state index in [1.54, 1.807) is 0 Å². The second-order valence-electron chi connectivity index (χ2n) is 17.7. The Balaban J connectivity index is 0.000000546. The molecule has 0 radical (unpaired) electrons. The minimum atomic E-state index is 0.934. The molecule has 4 heteroatoms. The molecule has 0 unspecified atom stereocenters. The molecule has 0 fully saturated rings. The Morgan fingerprint density at radius 2 is 1.15 bits per heavy atom. The molecule has 3 nitrogen and oxygen atoms in total. The highest BCUT2D eigenvalue weighted by atomic mass is 79.9. The minimum Gasteiger partial charge on any atom is -0.354 e. The standard InChI is InChI=1S/C58H42BrN3.C6H6.2C2H6/c59-57-52-36-42(43-26-31-50-49-21-11-12-22-54(49)62(56(50)37-43)44-17-5-2-6-18-44)27-33-53(52)60-58(57)51-32-34-55(48-20-10-9-19-47(48)51)61(46-30-25-39-15-7-8-16-41(39)35-46)45-28-23-40(24-29-45)38-13-3-1-4-14-38;1-2-4-6-5-3-1;2*1-2/h1-10,12-20,22-23,25-28,30-37,60H,11,21,24,29H2;1-6H;2*1-2H3. The molecular formula is C68H60BrN3. The lowest BCUT2D eigenvalue weighted by molar-refractivity contribution is 0.932. The number of fused-ring (bicyclic) bond motifs is 6. The van der Waals surface area contributed by atoms with E-state index in [1.807, 2.05) is 64.1 Å². The molecule has 72 heavy (non-hydrogen) atoms. The fraction of sp³-hybridized carbons (Fsp3) is 0.118. The van der Waals surface area contributed by atoms with Crippen molar-refractivity contribution in [3.05, 3.63) is 258 Å². The van der Waals surface area contributed by atoms with Crippen LogP contribution in [0.3, 0.4) is 0 Å². The van der Waals surface area contributed by atoms with Crippen molar-refractivity contribution in [1.82, 2.24) is 9.55 Å². The van der Waals surface area contributed by atoms with Crippen molar-refractivity contribution in [1.29, 1.82) is 0 Å². The predicted octanol–water partition coefficient (Wildman–Crippen LogP) is 20.1. The van der Waals surface area contributed by atoms with Crippen molar-refractivity contribution in [3.63, 3.8) is 0 Å². The molecule has 2 heterocycles. The number of aromatic amines is 1. The van der Waals surface area contributed by atoms with Crippen LogP contribution in [0.1, 0.15) is 63.8 Å². The molecule has 13 rings (SSSR count). The van der Waals surface area contributed by atoms with Gasteiger partial charge in [0.2, 0.25) is 0 Å². The Kier molecular flexibility index (Phi) is 14.6. The lowest BCUT2D eigenvalue weighted by Gasteiger charge is -2.31. The first kappa shape index (κ1) is 47.7. The van der Waals surface area contributed by atoms with Crippen LogP contribution in [-0.4, -0.2) is 9.55 Å². The van der Waals surface area contributed by atoms with Gasteiger partial charge in [-0.05, 0) is 146 Å². The van der Waals surface area contributed by atoms with Gasteiger partial charge in [-0.15, -0.1) is 0 Å². The molecule has 0 atom stereocenters.